The van der Waals surface area contributed by atoms with Crippen molar-refractivity contribution in [1.29, 1.82) is 0 Å². The topological polar surface area (TPSA) is 81.6 Å². The normalized spacial score (nSPS) is 25.4. The molecule has 0 unspecified atom stereocenters. The molecule has 0 aromatic heterocycles. The van der Waals surface area contributed by atoms with Gasteiger partial charge in [0.25, 0.3) is 0 Å². The third-order valence-electron chi connectivity index (χ3n) is 4.38. The van der Waals surface area contributed by atoms with Crippen molar-refractivity contribution < 1.29 is 28.2 Å². The number of benzene rings is 2. The van der Waals surface area contributed by atoms with Gasteiger partial charge in [-0.3, -0.25) is 4.79 Å². The Morgan fingerprint density at radius 1 is 1.11 bits per heavy atom. The number of ketones is 1. The summed E-state index contributed by atoms with van der Waals surface area (Å²) in [5.74, 6) is -3.11. The molecule has 142 valence electrons. The number of phenolic OH excluding ortho intramolecular Hbond substituents is 1. The van der Waals surface area contributed by atoms with E-state index in [1.54, 1.807) is 6.07 Å². The number of Topliss-reactive ketones (excluding diaryl/α,β-unsaturated/α-hetero) is 1. The van der Waals surface area contributed by atoms with Crippen molar-refractivity contribution in [3.63, 3.8) is 0 Å². The van der Waals surface area contributed by atoms with Crippen molar-refractivity contribution in [3.05, 3.63) is 65.7 Å². The van der Waals surface area contributed by atoms with E-state index in [1.165, 1.54) is 48.5 Å². The van der Waals surface area contributed by atoms with E-state index in [4.69, 9.17) is 12.2 Å². The maximum atomic E-state index is 13.8. The highest BCUT2D eigenvalue weighted by Gasteiger charge is 2.65. The van der Waals surface area contributed by atoms with Crippen molar-refractivity contribution in [3.8, 4) is 5.75 Å². The van der Waals surface area contributed by atoms with Crippen LogP contribution in [-0.4, -0.2) is 33.0 Å². The predicted octanol–water partition coefficient (Wildman–Crippen LogP) is 2.66. The molecule has 0 radical (unpaired) electrons. The highest BCUT2D eigenvalue weighted by atomic mass is 32.1. The summed E-state index contributed by atoms with van der Waals surface area (Å²) in [6.07, 6.45) is -5.19. The van der Waals surface area contributed by atoms with E-state index in [9.17, 15) is 28.2 Å². The molecule has 0 amide bonds. The zero-order chi connectivity index (χ0) is 19.8. The molecular formula is C18H15F3N2O3S. The Bertz CT molecular complexity index is 876. The molecule has 4 N–H and O–H groups in total. The molecule has 3 rings (SSSR count). The number of alkyl halides is 3. The third-order valence-corrected chi connectivity index (χ3v) is 4.60. The summed E-state index contributed by atoms with van der Waals surface area (Å²) in [6.45, 7) is 0. The molecule has 0 bridgehead atoms. The van der Waals surface area contributed by atoms with E-state index in [2.05, 4.69) is 5.32 Å². The largest absolute Gasteiger partial charge is 0.508 e. The van der Waals surface area contributed by atoms with Crippen LogP contribution in [0.1, 0.15) is 22.0 Å². The van der Waals surface area contributed by atoms with Crippen molar-refractivity contribution in [2.24, 2.45) is 5.92 Å². The Balaban J connectivity index is 2.17. The molecule has 2 aromatic rings. The van der Waals surface area contributed by atoms with Crippen LogP contribution in [0, 0.1) is 5.92 Å². The van der Waals surface area contributed by atoms with Gasteiger partial charge in [0.15, 0.2) is 10.9 Å². The van der Waals surface area contributed by atoms with E-state index in [1.807, 2.05) is 5.32 Å². The minimum absolute atomic E-state index is 0.00625. The number of carbonyl (C=O) groups is 1. The van der Waals surface area contributed by atoms with Crippen molar-refractivity contribution >= 4 is 23.1 Å². The number of thiocarbonyl (C=S) groups is 1. The highest BCUT2D eigenvalue weighted by molar-refractivity contribution is 7.80. The Kier molecular flexibility index (Phi) is 4.83. The fourth-order valence-corrected chi connectivity index (χ4v) is 3.40. The van der Waals surface area contributed by atoms with Crippen LogP contribution >= 0.6 is 12.2 Å². The Hall–Kier alpha value is -2.65. The minimum atomic E-state index is -5.19. The average molecular weight is 396 g/mol. The van der Waals surface area contributed by atoms with Crippen LogP contribution in [0.5, 0.6) is 5.75 Å². The SMILES string of the molecule is O=C(c1ccccc1)[C@H]1[C@H](c2cccc(O)c2)NC(=S)N[C@]1(O)C(F)(F)F. The summed E-state index contributed by atoms with van der Waals surface area (Å²) in [5, 5.41) is 24.2. The fraction of sp³-hybridized carbons (Fsp3) is 0.222. The van der Waals surface area contributed by atoms with Crippen LogP contribution in [0.25, 0.3) is 0 Å². The zero-order valence-electron chi connectivity index (χ0n) is 13.7. The smallest absolute Gasteiger partial charge is 0.437 e. The molecule has 27 heavy (non-hydrogen) atoms. The molecule has 0 spiro atoms. The molecule has 3 atom stereocenters. The summed E-state index contributed by atoms with van der Waals surface area (Å²) in [5.41, 5.74) is -3.40. The van der Waals surface area contributed by atoms with Crippen LogP contribution in [0.15, 0.2) is 54.6 Å². The van der Waals surface area contributed by atoms with E-state index in [0.717, 1.165) is 0 Å². The van der Waals surface area contributed by atoms with Gasteiger partial charge in [-0.25, -0.2) is 0 Å². The zero-order valence-corrected chi connectivity index (χ0v) is 14.5. The predicted molar refractivity (Wildman–Crippen MR) is 95.0 cm³/mol. The van der Waals surface area contributed by atoms with E-state index < -0.39 is 34.8 Å². The van der Waals surface area contributed by atoms with E-state index >= 15 is 0 Å². The molecule has 9 heteroatoms. The number of halogens is 3. The molecule has 0 saturated carbocycles. The first kappa shape index (κ1) is 19.1. The Morgan fingerprint density at radius 3 is 2.37 bits per heavy atom. The molecule has 1 aliphatic heterocycles. The van der Waals surface area contributed by atoms with Crippen molar-refractivity contribution in [1.82, 2.24) is 10.6 Å². The van der Waals surface area contributed by atoms with Gasteiger partial charge >= 0.3 is 6.18 Å². The van der Waals surface area contributed by atoms with Gasteiger partial charge in [-0.15, -0.1) is 0 Å². The summed E-state index contributed by atoms with van der Waals surface area (Å²) in [6, 6.07) is 11.5. The molecular weight excluding hydrogens is 381 g/mol. The van der Waals surface area contributed by atoms with E-state index in [0.29, 0.717) is 0 Å². The first-order chi connectivity index (χ1) is 12.6. The number of nitrogens with one attached hydrogen (secondary N) is 2. The number of hydrogen-bond donors (Lipinski definition) is 4. The van der Waals surface area contributed by atoms with Gasteiger partial charge in [0.1, 0.15) is 11.7 Å². The van der Waals surface area contributed by atoms with Crippen LogP contribution in [-0.2, 0) is 0 Å². The molecule has 1 heterocycles. The number of aromatic hydroxyl groups is 1. The molecule has 0 aliphatic carbocycles. The second-order valence-corrected chi connectivity index (χ2v) is 6.55. The van der Waals surface area contributed by atoms with Gasteiger partial charge in [-0.05, 0) is 29.9 Å². The number of hydrogen-bond acceptors (Lipinski definition) is 4. The van der Waals surface area contributed by atoms with Gasteiger partial charge in [-0.2, -0.15) is 13.2 Å². The average Bonchev–Trinajstić information content (AvgIpc) is 2.60. The molecule has 1 aliphatic rings. The first-order valence-electron chi connectivity index (χ1n) is 7.89. The lowest BCUT2D eigenvalue weighted by Crippen LogP contribution is -2.72. The lowest BCUT2D eigenvalue weighted by Gasteiger charge is -2.46. The fourth-order valence-electron chi connectivity index (χ4n) is 3.12. The monoisotopic (exact) mass is 396 g/mol. The maximum absolute atomic E-state index is 13.8. The van der Waals surface area contributed by atoms with Gasteiger partial charge in [0, 0.05) is 5.56 Å². The number of carbonyl (C=O) groups excluding carboxylic acids is 1. The van der Waals surface area contributed by atoms with Gasteiger partial charge in [0.2, 0.25) is 5.72 Å². The second-order valence-electron chi connectivity index (χ2n) is 6.14. The summed E-state index contributed by atoms with van der Waals surface area (Å²) >= 11 is 4.83. The minimum Gasteiger partial charge on any atom is -0.508 e. The third kappa shape index (κ3) is 3.47. The van der Waals surface area contributed by atoms with E-state index in [-0.39, 0.29) is 16.9 Å². The standard InChI is InChI=1S/C18H15F3N2O3S/c19-18(20,21)17(26)13(15(25)10-5-2-1-3-6-10)14(22-16(27)23-17)11-7-4-8-12(24)9-11/h1-9,13-14,24,26H,(H2,22,23,27)/t13-,14+,17-/m1/s1. The lowest BCUT2D eigenvalue weighted by atomic mass is 9.77. The Labute approximate surface area is 157 Å². The van der Waals surface area contributed by atoms with Crippen molar-refractivity contribution in [2.75, 3.05) is 0 Å². The number of aliphatic hydroxyl groups is 1. The lowest BCUT2D eigenvalue weighted by molar-refractivity contribution is -0.285. The van der Waals surface area contributed by atoms with Crippen LogP contribution < -0.4 is 10.6 Å². The van der Waals surface area contributed by atoms with Crippen LogP contribution in [0.2, 0.25) is 0 Å². The summed E-state index contributed by atoms with van der Waals surface area (Å²) < 4.78 is 41.4. The highest BCUT2D eigenvalue weighted by Crippen LogP contribution is 2.44. The molecule has 1 saturated heterocycles. The number of phenols is 1. The maximum Gasteiger partial charge on any atom is 0.437 e. The first-order valence-corrected chi connectivity index (χ1v) is 8.30. The Morgan fingerprint density at radius 2 is 1.78 bits per heavy atom. The summed E-state index contributed by atoms with van der Waals surface area (Å²) in [7, 11) is 0. The molecule has 2 aromatic carbocycles. The second kappa shape index (κ2) is 6.82. The number of rotatable bonds is 3. The molecule has 1 fully saturated rings. The summed E-state index contributed by atoms with van der Waals surface area (Å²) in [4.78, 5) is 13.0. The molecule has 5 nitrogen and oxygen atoms in total. The van der Waals surface area contributed by atoms with Crippen molar-refractivity contribution in [2.45, 2.75) is 17.9 Å². The quantitative estimate of drug-likeness (QED) is 0.472. The van der Waals surface area contributed by atoms with Crippen LogP contribution in [0.4, 0.5) is 13.2 Å². The van der Waals surface area contributed by atoms with Gasteiger partial charge in [0.05, 0.1) is 6.04 Å². The van der Waals surface area contributed by atoms with Gasteiger partial charge < -0.3 is 20.8 Å². The van der Waals surface area contributed by atoms with Gasteiger partial charge in [-0.1, -0.05) is 42.5 Å². The van der Waals surface area contributed by atoms with Crippen LogP contribution in [0.3, 0.4) is 0 Å².